The Balaban J connectivity index is 1.39. The molecule has 2 atom stereocenters. The summed E-state index contributed by atoms with van der Waals surface area (Å²) >= 11 is 1.57. The lowest BCUT2D eigenvalue weighted by molar-refractivity contribution is -0.114. The van der Waals surface area contributed by atoms with Gasteiger partial charge in [0.05, 0.1) is 0 Å². The molecule has 0 saturated carbocycles. The molecule has 3 saturated heterocycles. The summed E-state index contributed by atoms with van der Waals surface area (Å²) in [7, 11) is 0. The molecule has 3 aliphatic rings. The number of nitrogens with zero attached hydrogens (tertiary/aromatic N) is 2. The number of rotatable bonds is 5. The number of carbonyl (C=O) groups excluding carboxylic acids is 2. The quantitative estimate of drug-likeness (QED) is 0.790. The molecule has 7 heteroatoms. The van der Waals surface area contributed by atoms with Crippen LogP contribution in [0.5, 0.6) is 0 Å². The van der Waals surface area contributed by atoms with Crippen molar-refractivity contribution in [2.75, 3.05) is 18.4 Å². The standard InChI is InChI=1S/C22H26N4O2S/c1-14-21(16-8-11-26(14)12-9-16)25-22(28)17-3-5-18(6-4-17)29-19-7-10-23-20(13-19)24-15(2)27/h3-7,10,13-14,16,21H,8-9,11-12H2,1-2H3,(H,25,28)(H,23,24,27). The molecule has 6 nitrogen and oxygen atoms in total. The van der Waals surface area contributed by atoms with Crippen LogP contribution in [0.15, 0.2) is 52.4 Å². The van der Waals surface area contributed by atoms with Crippen molar-refractivity contribution in [3.05, 3.63) is 48.2 Å². The summed E-state index contributed by atoms with van der Waals surface area (Å²) < 4.78 is 0. The molecule has 2 amide bonds. The predicted molar refractivity (Wildman–Crippen MR) is 114 cm³/mol. The maximum absolute atomic E-state index is 12.8. The van der Waals surface area contributed by atoms with E-state index in [4.69, 9.17) is 0 Å². The van der Waals surface area contributed by atoms with Crippen molar-refractivity contribution in [1.29, 1.82) is 0 Å². The van der Waals surface area contributed by atoms with E-state index in [1.165, 1.54) is 19.8 Å². The van der Waals surface area contributed by atoms with Gasteiger partial charge in [-0.25, -0.2) is 4.98 Å². The zero-order valence-corrected chi connectivity index (χ0v) is 17.5. The molecule has 152 valence electrons. The van der Waals surface area contributed by atoms with Crippen LogP contribution in [0.1, 0.15) is 37.0 Å². The van der Waals surface area contributed by atoms with Crippen LogP contribution in [0, 0.1) is 5.92 Å². The van der Waals surface area contributed by atoms with Crippen LogP contribution in [0.2, 0.25) is 0 Å². The summed E-state index contributed by atoms with van der Waals surface area (Å²) in [5.41, 5.74) is 0.687. The minimum atomic E-state index is -0.146. The number of aromatic nitrogens is 1. The molecule has 0 aliphatic carbocycles. The van der Waals surface area contributed by atoms with Gasteiger partial charge in [0.1, 0.15) is 5.82 Å². The molecule has 1 aromatic carbocycles. The first-order valence-electron chi connectivity index (χ1n) is 10.1. The fourth-order valence-electron chi connectivity index (χ4n) is 4.31. The minimum absolute atomic E-state index is 0.00371. The molecule has 2 aromatic rings. The highest BCUT2D eigenvalue weighted by atomic mass is 32.2. The Hall–Kier alpha value is -2.38. The maximum Gasteiger partial charge on any atom is 0.251 e. The fraction of sp³-hybridized carbons (Fsp3) is 0.409. The van der Waals surface area contributed by atoms with Gasteiger partial charge in [-0.15, -0.1) is 0 Å². The van der Waals surface area contributed by atoms with E-state index in [-0.39, 0.29) is 17.9 Å². The Kier molecular flexibility index (Phi) is 5.87. The molecular weight excluding hydrogens is 384 g/mol. The third-order valence-corrected chi connectivity index (χ3v) is 6.86. The maximum atomic E-state index is 12.8. The van der Waals surface area contributed by atoms with E-state index in [2.05, 4.69) is 27.4 Å². The van der Waals surface area contributed by atoms with Gasteiger partial charge >= 0.3 is 0 Å². The highest BCUT2D eigenvalue weighted by Crippen LogP contribution is 2.32. The minimum Gasteiger partial charge on any atom is -0.347 e. The Morgan fingerprint density at radius 3 is 2.48 bits per heavy atom. The third-order valence-electron chi connectivity index (χ3n) is 5.86. The number of benzene rings is 1. The summed E-state index contributed by atoms with van der Waals surface area (Å²) in [6.07, 6.45) is 4.03. The van der Waals surface area contributed by atoms with Crippen molar-refractivity contribution in [3.8, 4) is 0 Å². The Morgan fingerprint density at radius 1 is 1.10 bits per heavy atom. The summed E-state index contributed by atoms with van der Waals surface area (Å²) in [6, 6.07) is 12.0. The van der Waals surface area contributed by atoms with Crippen LogP contribution in [-0.2, 0) is 4.79 Å². The summed E-state index contributed by atoms with van der Waals surface area (Å²) in [6.45, 7) is 5.99. The third kappa shape index (κ3) is 4.62. The van der Waals surface area contributed by atoms with Crippen LogP contribution < -0.4 is 10.6 Å². The van der Waals surface area contributed by atoms with Gasteiger partial charge in [0.2, 0.25) is 5.91 Å². The number of piperidine rings is 3. The number of amides is 2. The molecule has 2 N–H and O–H groups in total. The molecule has 3 aliphatic heterocycles. The number of nitrogens with one attached hydrogen (secondary N) is 2. The number of hydrogen-bond donors (Lipinski definition) is 2. The molecule has 2 unspecified atom stereocenters. The second kappa shape index (κ2) is 8.55. The zero-order chi connectivity index (χ0) is 20.4. The van der Waals surface area contributed by atoms with Crippen molar-refractivity contribution < 1.29 is 9.59 Å². The first-order chi connectivity index (χ1) is 14.0. The molecule has 2 bridgehead atoms. The van der Waals surface area contributed by atoms with E-state index in [0.29, 0.717) is 23.3 Å². The van der Waals surface area contributed by atoms with E-state index in [9.17, 15) is 9.59 Å². The lowest BCUT2D eigenvalue weighted by atomic mass is 9.79. The van der Waals surface area contributed by atoms with Gasteiger partial charge in [-0.1, -0.05) is 11.8 Å². The van der Waals surface area contributed by atoms with Gasteiger partial charge in [0.15, 0.2) is 0 Å². The van der Waals surface area contributed by atoms with Crippen molar-refractivity contribution in [3.63, 3.8) is 0 Å². The average molecular weight is 411 g/mol. The second-order valence-corrected chi connectivity index (χ2v) is 8.94. The van der Waals surface area contributed by atoms with Crippen molar-refractivity contribution in [2.45, 2.75) is 48.6 Å². The zero-order valence-electron chi connectivity index (χ0n) is 16.7. The van der Waals surface area contributed by atoms with Gasteiger partial charge in [0, 0.05) is 40.6 Å². The molecule has 29 heavy (non-hydrogen) atoms. The molecule has 0 radical (unpaired) electrons. The normalized spacial score (nSPS) is 25.4. The van der Waals surface area contributed by atoms with E-state index in [1.807, 2.05) is 36.4 Å². The molecule has 0 spiro atoms. The Morgan fingerprint density at radius 2 is 1.83 bits per heavy atom. The first kappa shape index (κ1) is 19.9. The van der Waals surface area contributed by atoms with Crippen LogP contribution in [-0.4, -0.2) is 46.9 Å². The van der Waals surface area contributed by atoms with Gasteiger partial charge in [0.25, 0.3) is 5.91 Å². The van der Waals surface area contributed by atoms with Crippen LogP contribution >= 0.6 is 11.8 Å². The lowest BCUT2D eigenvalue weighted by Gasteiger charge is -2.49. The molecule has 3 fully saturated rings. The van der Waals surface area contributed by atoms with Gasteiger partial charge < -0.3 is 10.6 Å². The Labute approximate surface area is 175 Å². The number of fused-ring (bicyclic) bond motifs is 3. The first-order valence-corrected chi connectivity index (χ1v) is 10.9. The SMILES string of the molecule is CC(=O)Nc1cc(Sc2ccc(C(=O)NC3C4CCN(CC4)C3C)cc2)ccn1. The Bertz CT molecular complexity index is 892. The van der Waals surface area contributed by atoms with Gasteiger partial charge in [-0.2, -0.15) is 0 Å². The van der Waals surface area contributed by atoms with Crippen molar-refractivity contribution in [1.82, 2.24) is 15.2 Å². The van der Waals surface area contributed by atoms with Crippen LogP contribution in [0.25, 0.3) is 0 Å². The van der Waals surface area contributed by atoms with Crippen molar-refractivity contribution in [2.24, 2.45) is 5.92 Å². The summed E-state index contributed by atoms with van der Waals surface area (Å²) in [5, 5.41) is 5.96. The van der Waals surface area contributed by atoms with E-state index in [1.54, 1.807) is 18.0 Å². The predicted octanol–water partition coefficient (Wildman–Crippen LogP) is 3.40. The highest BCUT2D eigenvalue weighted by Gasteiger charge is 2.40. The van der Waals surface area contributed by atoms with E-state index >= 15 is 0 Å². The molecule has 5 rings (SSSR count). The number of pyridine rings is 1. The monoisotopic (exact) mass is 410 g/mol. The average Bonchev–Trinajstić information content (AvgIpc) is 2.71. The summed E-state index contributed by atoms with van der Waals surface area (Å²) in [5.74, 6) is 0.986. The molecule has 4 heterocycles. The van der Waals surface area contributed by atoms with Crippen LogP contribution in [0.3, 0.4) is 0 Å². The van der Waals surface area contributed by atoms with E-state index in [0.717, 1.165) is 22.9 Å². The molecular formula is C22H26N4O2S. The van der Waals surface area contributed by atoms with E-state index < -0.39 is 0 Å². The number of carbonyl (C=O) groups is 2. The topological polar surface area (TPSA) is 74.3 Å². The highest BCUT2D eigenvalue weighted by molar-refractivity contribution is 7.99. The number of hydrogen-bond acceptors (Lipinski definition) is 5. The smallest absolute Gasteiger partial charge is 0.251 e. The van der Waals surface area contributed by atoms with Gasteiger partial charge in [-0.3, -0.25) is 14.5 Å². The fourth-order valence-corrected chi connectivity index (χ4v) is 5.16. The van der Waals surface area contributed by atoms with Gasteiger partial charge in [-0.05, 0) is 75.2 Å². The lowest BCUT2D eigenvalue weighted by Crippen LogP contribution is -2.62. The molecule has 1 aromatic heterocycles. The second-order valence-electron chi connectivity index (χ2n) is 7.80. The summed E-state index contributed by atoms with van der Waals surface area (Å²) in [4.78, 5) is 32.6. The van der Waals surface area contributed by atoms with Crippen molar-refractivity contribution >= 4 is 29.4 Å². The number of anilines is 1. The van der Waals surface area contributed by atoms with Crippen LogP contribution in [0.4, 0.5) is 5.82 Å². The largest absolute Gasteiger partial charge is 0.347 e.